The maximum absolute atomic E-state index is 13.7. The van der Waals surface area contributed by atoms with Crippen LogP contribution in [0.3, 0.4) is 0 Å². The van der Waals surface area contributed by atoms with Gasteiger partial charge >= 0.3 is 0 Å². The first-order valence-electron chi connectivity index (χ1n) is 5.55. The molecule has 18 heavy (non-hydrogen) atoms. The molecule has 0 heterocycles. The normalized spacial score (nSPS) is 16.1. The van der Waals surface area contributed by atoms with Crippen LogP contribution in [0.5, 0.6) is 0 Å². The maximum atomic E-state index is 13.7. The van der Waals surface area contributed by atoms with Crippen molar-refractivity contribution >= 4 is 39.0 Å². The van der Waals surface area contributed by atoms with Crippen LogP contribution in [0.4, 0.5) is 4.39 Å². The molecule has 0 bridgehead atoms. The van der Waals surface area contributed by atoms with E-state index in [9.17, 15) is 9.18 Å². The molecule has 1 aromatic rings. The van der Waals surface area contributed by atoms with Crippen molar-refractivity contribution in [1.82, 2.24) is 5.32 Å². The molecule has 1 atom stereocenters. The topological polar surface area (TPSA) is 55.1 Å². The predicted molar refractivity (Wildman–Crippen MR) is 74.9 cm³/mol. The lowest BCUT2D eigenvalue weighted by Crippen LogP contribution is -2.45. The van der Waals surface area contributed by atoms with Gasteiger partial charge in [-0.05, 0) is 46.8 Å². The van der Waals surface area contributed by atoms with E-state index in [1.807, 2.05) is 0 Å². The number of rotatable bonds is 4. The molecule has 1 aliphatic rings. The van der Waals surface area contributed by atoms with Gasteiger partial charge in [-0.25, -0.2) is 4.39 Å². The Bertz CT molecular complexity index is 505. The highest BCUT2D eigenvalue weighted by Gasteiger charge is 2.34. The molecule has 1 fully saturated rings. The van der Waals surface area contributed by atoms with Crippen LogP contribution in [-0.4, -0.2) is 16.9 Å². The Morgan fingerprint density at radius 3 is 2.78 bits per heavy atom. The van der Waals surface area contributed by atoms with Gasteiger partial charge in [0.05, 0.1) is 21.1 Å². The Labute approximate surface area is 118 Å². The fraction of sp³-hybridized carbons (Fsp3) is 0.333. The highest BCUT2D eigenvalue weighted by Crippen LogP contribution is 2.33. The molecule has 1 aliphatic carbocycles. The van der Waals surface area contributed by atoms with Crippen LogP contribution in [0.1, 0.15) is 23.2 Å². The average Bonchev–Trinajstić information content (AvgIpc) is 3.13. The zero-order chi connectivity index (χ0) is 13.3. The van der Waals surface area contributed by atoms with Gasteiger partial charge in [0.2, 0.25) is 0 Å². The van der Waals surface area contributed by atoms with E-state index in [4.69, 9.17) is 18.0 Å². The standard InChI is InChI=1S/C12H12BrFN2OS/c13-8-3-1-2-7(9(8)14)12(17)16-10(11(15)18)6-4-5-6/h1-3,6,10H,4-5H2,(H2,15,18)(H,16,17). The molecule has 3 nitrogen and oxygen atoms in total. The molecule has 1 aromatic carbocycles. The number of nitrogens with one attached hydrogen (secondary N) is 1. The first-order chi connectivity index (χ1) is 8.50. The fourth-order valence-corrected chi connectivity index (χ4v) is 2.37. The number of hydrogen-bond acceptors (Lipinski definition) is 2. The van der Waals surface area contributed by atoms with Crippen molar-refractivity contribution in [2.75, 3.05) is 0 Å². The summed E-state index contributed by atoms with van der Waals surface area (Å²) >= 11 is 7.97. The van der Waals surface area contributed by atoms with E-state index < -0.39 is 11.7 Å². The van der Waals surface area contributed by atoms with E-state index in [2.05, 4.69) is 21.2 Å². The van der Waals surface area contributed by atoms with Crippen molar-refractivity contribution in [1.29, 1.82) is 0 Å². The number of hydrogen-bond donors (Lipinski definition) is 2. The van der Waals surface area contributed by atoms with E-state index in [-0.39, 0.29) is 21.1 Å². The lowest BCUT2D eigenvalue weighted by atomic mass is 10.1. The summed E-state index contributed by atoms with van der Waals surface area (Å²) in [6.07, 6.45) is 1.98. The van der Waals surface area contributed by atoms with Crippen LogP contribution in [0, 0.1) is 11.7 Å². The van der Waals surface area contributed by atoms with E-state index in [0.717, 1.165) is 12.8 Å². The van der Waals surface area contributed by atoms with Crippen LogP contribution in [0.15, 0.2) is 22.7 Å². The minimum Gasteiger partial charge on any atom is -0.392 e. The highest BCUT2D eigenvalue weighted by atomic mass is 79.9. The van der Waals surface area contributed by atoms with Gasteiger partial charge in [-0.3, -0.25) is 4.79 Å². The van der Waals surface area contributed by atoms with Gasteiger partial charge in [0.15, 0.2) is 0 Å². The van der Waals surface area contributed by atoms with Gasteiger partial charge in [0.25, 0.3) is 5.91 Å². The monoisotopic (exact) mass is 330 g/mol. The Balaban J connectivity index is 2.16. The lowest BCUT2D eigenvalue weighted by Gasteiger charge is -2.17. The van der Waals surface area contributed by atoms with Gasteiger partial charge < -0.3 is 11.1 Å². The van der Waals surface area contributed by atoms with Crippen molar-refractivity contribution < 1.29 is 9.18 Å². The molecule has 0 aromatic heterocycles. The molecule has 0 radical (unpaired) electrons. The molecule has 0 saturated heterocycles. The molecule has 1 unspecified atom stereocenters. The average molecular weight is 331 g/mol. The van der Waals surface area contributed by atoms with Crippen molar-refractivity contribution in [2.45, 2.75) is 18.9 Å². The molecule has 0 aliphatic heterocycles. The van der Waals surface area contributed by atoms with Crippen LogP contribution in [0.2, 0.25) is 0 Å². The Hall–Kier alpha value is -1.01. The summed E-state index contributed by atoms with van der Waals surface area (Å²) in [5, 5.41) is 2.70. The van der Waals surface area contributed by atoms with Crippen molar-refractivity contribution in [2.24, 2.45) is 11.7 Å². The quantitative estimate of drug-likeness (QED) is 0.833. The van der Waals surface area contributed by atoms with E-state index in [1.165, 1.54) is 12.1 Å². The summed E-state index contributed by atoms with van der Waals surface area (Å²) in [7, 11) is 0. The van der Waals surface area contributed by atoms with Crippen LogP contribution in [-0.2, 0) is 0 Å². The molecule has 96 valence electrons. The number of halogens is 2. The third kappa shape index (κ3) is 2.87. The maximum Gasteiger partial charge on any atom is 0.254 e. The third-order valence-corrected chi connectivity index (χ3v) is 3.75. The molecule has 2 rings (SSSR count). The van der Waals surface area contributed by atoms with E-state index in [1.54, 1.807) is 6.07 Å². The van der Waals surface area contributed by atoms with Crippen LogP contribution < -0.4 is 11.1 Å². The highest BCUT2D eigenvalue weighted by molar-refractivity contribution is 9.10. The number of thiocarbonyl (C=S) groups is 1. The molecular formula is C12H12BrFN2OS. The lowest BCUT2D eigenvalue weighted by molar-refractivity contribution is 0.0939. The van der Waals surface area contributed by atoms with Gasteiger partial charge in [-0.15, -0.1) is 0 Å². The Morgan fingerprint density at radius 2 is 2.22 bits per heavy atom. The second-order valence-electron chi connectivity index (χ2n) is 4.29. The van der Waals surface area contributed by atoms with Gasteiger partial charge in [-0.2, -0.15) is 0 Å². The summed E-state index contributed by atoms with van der Waals surface area (Å²) in [6.45, 7) is 0. The van der Waals surface area contributed by atoms with E-state index >= 15 is 0 Å². The minimum atomic E-state index is -0.576. The number of amides is 1. The van der Waals surface area contributed by atoms with Crippen LogP contribution in [0.25, 0.3) is 0 Å². The Kier molecular flexibility index (Phi) is 3.97. The third-order valence-electron chi connectivity index (χ3n) is 2.88. The number of benzene rings is 1. The molecule has 1 amide bonds. The summed E-state index contributed by atoms with van der Waals surface area (Å²) in [4.78, 5) is 12.2. The second kappa shape index (κ2) is 5.32. The zero-order valence-corrected chi connectivity index (χ0v) is 11.9. The largest absolute Gasteiger partial charge is 0.392 e. The summed E-state index contributed by atoms with van der Waals surface area (Å²) in [5.41, 5.74) is 5.58. The summed E-state index contributed by atoms with van der Waals surface area (Å²) in [6, 6.07) is 4.23. The van der Waals surface area contributed by atoms with E-state index in [0.29, 0.717) is 5.92 Å². The van der Waals surface area contributed by atoms with Crippen LogP contribution >= 0.6 is 28.1 Å². The number of carbonyl (C=O) groups is 1. The van der Waals surface area contributed by atoms with Gasteiger partial charge in [0.1, 0.15) is 5.82 Å². The molecule has 3 N–H and O–H groups in total. The molecule has 0 spiro atoms. The molecule has 6 heteroatoms. The van der Waals surface area contributed by atoms with Gasteiger partial charge in [-0.1, -0.05) is 18.3 Å². The minimum absolute atomic E-state index is 0.00808. The second-order valence-corrected chi connectivity index (χ2v) is 5.62. The number of nitrogens with two attached hydrogens (primary N) is 1. The zero-order valence-electron chi connectivity index (χ0n) is 9.45. The molecular weight excluding hydrogens is 319 g/mol. The smallest absolute Gasteiger partial charge is 0.254 e. The summed E-state index contributed by atoms with van der Waals surface area (Å²) < 4.78 is 14.0. The SMILES string of the molecule is NC(=S)C(NC(=O)c1cccc(Br)c1F)C1CC1. The predicted octanol–water partition coefficient (Wildman–Crippen LogP) is 2.38. The number of carbonyl (C=O) groups excluding carboxylic acids is 1. The first-order valence-corrected chi connectivity index (χ1v) is 6.75. The van der Waals surface area contributed by atoms with Crippen molar-refractivity contribution in [3.05, 3.63) is 34.1 Å². The Morgan fingerprint density at radius 1 is 1.56 bits per heavy atom. The van der Waals surface area contributed by atoms with Crippen molar-refractivity contribution in [3.8, 4) is 0 Å². The first kappa shape index (κ1) is 13.4. The fourth-order valence-electron chi connectivity index (χ4n) is 1.75. The van der Waals surface area contributed by atoms with Gasteiger partial charge in [0, 0.05) is 0 Å². The summed E-state index contributed by atoms with van der Waals surface area (Å²) in [5.74, 6) is -0.771. The molecule has 1 saturated carbocycles. The van der Waals surface area contributed by atoms with Crippen molar-refractivity contribution in [3.63, 3.8) is 0 Å².